The number of hydrogen-bond acceptors (Lipinski definition) is 5. The number of para-hydroxylation sites is 1. The van der Waals surface area contributed by atoms with Gasteiger partial charge in [0.2, 0.25) is 5.95 Å². The summed E-state index contributed by atoms with van der Waals surface area (Å²) in [6.07, 6.45) is 2.33. The first-order valence-electron chi connectivity index (χ1n) is 9.17. The third-order valence-corrected chi connectivity index (χ3v) is 4.76. The van der Waals surface area contributed by atoms with Gasteiger partial charge in [0.05, 0.1) is 17.8 Å². The lowest BCUT2D eigenvalue weighted by Gasteiger charge is -2.37. The molecule has 7 nitrogen and oxygen atoms in total. The summed E-state index contributed by atoms with van der Waals surface area (Å²) in [4.78, 5) is 20.1. The van der Waals surface area contributed by atoms with E-state index < -0.39 is 0 Å². The van der Waals surface area contributed by atoms with E-state index in [9.17, 15) is 4.79 Å². The first-order chi connectivity index (χ1) is 12.6. The highest BCUT2D eigenvalue weighted by atomic mass is 16.5. The number of aromatic amines is 1. The molecular weight excluding hydrogens is 342 g/mol. The lowest BCUT2D eigenvalue weighted by Crippen LogP contribution is -2.37. The molecule has 0 amide bonds. The van der Waals surface area contributed by atoms with Crippen LogP contribution in [0, 0.1) is 0 Å². The summed E-state index contributed by atoms with van der Waals surface area (Å²) >= 11 is 0. The summed E-state index contributed by atoms with van der Waals surface area (Å²) in [5, 5.41) is 8.26. The summed E-state index contributed by atoms with van der Waals surface area (Å²) < 4.78 is 7.87. The van der Waals surface area contributed by atoms with Gasteiger partial charge in [0.15, 0.2) is 5.65 Å². The van der Waals surface area contributed by atoms with Gasteiger partial charge in [-0.2, -0.15) is 10.1 Å². The molecule has 0 spiro atoms. The van der Waals surface area contributed by atoms with Crippen molar-refractivity contribution < 1.29 is 4.74 Å². The van der Waals surface area contributed by atoms with E-state index in [1.807, 2.05) is 45.0 Å². The van der Waals surface area contributed by atoms with Gasteiger partial charge in [0.25, 0.3) is 5.56 Å². The molecule has 0 aliphatic carbocycles. The fraction of sp³-hybridized carbons (Fsp3) is 0.450. The Labute approximate surface area is 157 Å². The van der Waals surface area contributed by atoms with E-state index in [1.165, 1.54) is 0 Å². The lowest BCUT2D eigenvalue weighted by molar-refractivity contribution is 0.0758. The fourth-order valence-corrected chi connectivity index (χ4v) is 3.57. The molecule has 0 saturated heterocycles. The maximum Gasteiger partial charge on any atom is 0.263 e. The minimum absolute atomic E-state index is 0.0171. The highest BCUT2D eigenvalue weighted by molar-refractivity contribution is 5.74. The highest BCUT2D eigenvalue weighted by Gasteiger charge is 2.34. The monoisotopic (exact) mass is 367 g/mol. The summed E-state index contributed by atoms with van der Waals surface area (Å²) in [6, 6.07) is 7.95. The fourth-order valence-electron chi connectivity index (χ4n) is 3.57. The van der Waals surface area contributed by atoms with Crippen molar-refractivity contribution in [1.82, 2.24) is 19.7 Å². The molecule has 2 N–H and O–H groups in total. The van der Waals surface area contributed by atoms with Gasteiger partial charge in [-0.05, 0) is 40.7 Å². The molecular formula is C20H25N5O2. The molecule has 142 valence electrons. The topological polar surface area (TPSA) is 84.8 Å². The normalized spacial score (nSPS) is 18.8. The Kier molecular flexibility index (Phi) is 3.80. The van der Waals surface area contributed by atoms with Gasteiger partial charge in [0.1, 0.15) is 16.7 Å². The summed E-state index contributed by atoms with van der Waals surface area (Å²) in [7, 11) is 0. The van der Waals surface area contributed by atoms with Crippen molar-refractivity contribution in [2.75, 3.05) is 5.32 Å². The Morgan fingerprint density at radius 1 is 1.30 bits per heavy atom. The van der Waals surface area contributed by atoms with Crippen LogP contribution in [-0.4, -0.2) is 25.3 Å². The first kappa shape index (κ1) is 17.6. The van der Waals surface area contributed by atoms with E-state index in [0.717, 1.165) is 17.7 Å². The van der Waals surface area contributed by atoms with Crippen LogP contribution in [0.2, 0.25) is 0 Å². The summed E-state index contributed by atoms with van der Waals surface area (Å²) in [6.45, 7) is 10.2. The molecule has 1 atom stereocenters. The molecule has 0 radical (unpaired) electrons. The molecule has 27 heavy (non-hydrogen) atoms. The zero-order valence-electron chi connectivity index (χ0n) is 16.3. The zero-order valence-corrected chi connectivity index (χ0v) is 16.3. The number of hydrogen-bond donors (Lipinski definition) is 2. The molecule has 0 bridgehead atoms. The second-order valence-corrected chi connectivity index (χ2v) is 8.68. The molecule has 1 unspecified atom stereocenters. The SMILES string of the molecule is CC1(C)CC(Nc2nc3c(cnn3C(C)(C)C)c(=O)[nH]2)c2ccccc2O1. The standard InChI is InChI=1S/C20H25N5O2/c1-19(2,3)25-16-13(11-21-25)17(26)24-18(23-16)22-14-10-20(4,5)27-15-9-7-6-8-12(14)15/h6-9,11,14H,10H2,1-5H3,(H2,22,23,24,26). The number of nitrogens with one attached hydrogen (secondary N) is 2. The second kappa shape index (κ2) is 5.84. The van der Waals surface area contributed by atoms with Crippen molar-refractivity contribution in [1.29, 1.82) is 0 Å². The molecule has 7 heteroatoms. The second-order valence-electron chi connectivity index (χ2n) is 8.68. The van der Waals surface area contributed by atoms with Crippen LogP contribution in [0.4, 0.5) is 5.95 Å². The number of ether oxygens (including phenoxy) is 1. The summed E-state index contributed by atoms with van der Waals surface area (Å²) in [5.41, 5.74) is 0.853. The number of fused-ring (bicyclic) bond motifs is 2. The van der Waals surface area contributed by atoms with E-state index >= 15 is 0 Å². The Morgan fingerprint density at radius 3 is 2.78 bits per heavy atom. The van der Waals surface area contributed by atoms with Crippen LogP contribution in [0.1, 0.15) is 52.6 Å². The van der Waals surface area contributed by atoms with Crippen LogP contribution in [0.15, 0.2) is 35.3 Å². The van der Waals surface area contributed by atoms with Gasteiger partial charge >= 0.3 is 0 Å². The minimum Gasteiger partial charge on any atom is -0.487 e. The van der Waals surface area contributed by atoms with E-state index in [0.29, 0.717) is 17.0 Å². The Morgan fingerprint density at radius 2 is 2.04 bits per heavy atom. The van der Waals surface area contributed by atoms with Gasteiger partial charge < -0.3 is 10.1 Å². The van der Waals surface area contributed by atoms with Crippen LogP contribution in [-0.2, 0) is 5.54 Å². The molecule has 1 aliphatic heterocycles. The number of benzene rings is 1. The number of rotatable bonds is 2. The van der Waals surface area contributed by atoms with Crippen LogP contribution >= 0.6 is 0 Å². The maximum atomic E-state index is 12.5. The van der Waals surface area contributed by atoms with Crippen molar-refractivity contribution >= 4 is 17.0 Å². The van der Waals surface area contributed by atoms with Crippen LogP contribution in [0.3, 0.4) is 0 Å². The van der Waals surface area contributed by atoms with Gasteiger partial charge in [-0.15, -0.1) is 0 Å². The van der Waals surface area contributed by atoms with Gasteiger partial charge in [0, 0.05) is 12.0 Å². The van der Waals surface area contributed by atoms with Gasteiger partial charge in [-0.3, -0.25) is 9.78 Å². The zero-order chi connectivity index (χ0) is 19.4. The predicted octanol–water partition coefficient (Wildman–Crippen LogP) is 3.59. The minimum atomic E-state index is -0.316. The highest BCUT2D eigenvalue weighted by Crippen LogP contribution is 2.40. The van der Waals surface area contributed by atoms with Gasteiger partial charge in [-0.25, -0.2) is 4.68 Å². The average Bonchev–Trinajstić information content (AvgIpc) is 2.98. The average molecular weight is 367 g/mol. The Hall–Kier alpha value is -2.83. The van der Waals surface area contributed by atoms with Crippen LogP contribution in [0.5, 0.6) is 5.75 Å². The number of H-pyrrole nitrogens is 1. The van der Waals surface area contributed by atoms with E-state index in [-0.39, 0.29) is 22.7 Å². The van der Waals surface area contributed by atoms with Crippen molar-refractivity contribution in [3.05, 3.63) is 46.4 Å². The van der Waals surface area contributed by atoms with E-state index in [4.69, 9.17) is 4.74 Å². The summed E-state index contributed by atoms with van der Waals surface area (Å²) in [5.74, 6) is 1.30. The van der Waals surface area contributed by atoms with Crippen LogP contribution < -0.4 is 15.6 Å². The molecule has 1 aromatic carbocycles. The Balaban J connectivity index is 1.77. The maximum absolute atomic E-state index is 12.5. The van der Waals surface area contributed by atoms with Crippen molar-refractivity contribution in [3.63, 3.8) is 0 Å². The lowest BCUT2D eigenvalue weighted by atomic mass is 9.90. The smallest absolute Gasteiger partial charge is 0.263 e. The Bertz CT molecular complexity index is 1060. The predicted molar refractivity (Wildman–Crippen MR) is 105 cm³/mol. The molecule has 0 saturated carbocycles. The molecule has 2 aromatic heterocycles. The molecule has 3 aromatic rings. The quantitative estimate of drug-likeness (QED) is 0.723. The first-order valence-corrected chi connectivity index (χ1v) is 9.17. The third kappa shape index (κ3) is 3.18. The van der Waals surface area contributed by atoms with Crippen LogP contribution in [0.25, 0.3) is 11.0 Å². The van der Waals surface area contributed by atoms with Crippen molar-refractivity contribution in [3.8, 4) is 5.75 Å². The van der Waals surface area contributed by atoms with Gasteiger partial charge in [-0.1, -0.05) is 18.2 Å². The molecule has 3 heterocycles. The number of anilines is 1. The number of nitrogens with zero attached hydrogens (tertiary/aromatic N) is 3. The van der Waals surface area contributed by atoms with E-state index in [1.54, 1.807) is 10.9 Å². The molecule has 4 rings (SSSR count). The number of aromatic nitrogens is 4. The van der Waals surface area contributed by atoms with Crippen molar-refractivity contribution in [2.24, 2.45) is 0 Å². The van der Waals surface area contributed by atoms with Crippen molar-refractivity contribution in [2.45, 2.75) is 58.2 Å². The largest absolute Gasteiger partial charge is 0.487 e. The third-order valence-electron chi connectivity index (χ3n) is 4.76. The van der Waals surface area contributed by atoms with E-state index in [2.05, 4.69) is 34.2 Å². The molecule has 1 aliphatic rings. The molecule has 0 fully saturated rings.